The van der Waals surface area contributed by atoms with E-state index in [0.29, 0.717) is 22.9 Å². The summed E-state index contributed by atoms with van der Waals surface area (Å²) in [6.45, 7) is 6.07. The highest BCUT2D eigenvalue weighted by Crippen LogP contribution is 2.32. The first-order valence-corrected chi connectivity index (χ1v) is 10.5. The van der Waals surface area contributed by atoms with E-state index >= 15 is 0 Å². The van der Waals surface area contributed by atoms with Crippen LogP contribution in [0, 0.1) is 5.92 Å². The standard InChI is InChI=1S/C22H29N5O4/c1-12(2)8-14-4-6-15(7-5-14)13(3)26-20-17-21(24-10-23-20)27(11-25-17)22-19(30)18(29)16(9-28)31-22/h4-7,10-13,16,18-19,22,28-30H,8-9H2,1-3H3,(H,23,24,26)/t13?,16-,18-,19-,22-/m1/s1. The van der Waals surface area contributed by atoms with Crippen LogP contribution in [0.5, 0.6) is 0 Å². The fourth-order valence-corrected chi connectivity index (χ4v) is 3.96. The summed E-state index contributed by atoms with van der Waals surface area (Å²) >= 11 is 0. The number of ether oxygens (including phenoxy) is 1. The van der Waals surface area contributed by atoms with Crippen molar-refractivity contribution in [3.8, 4) is 0 Å². The SMILES string of the molecule is CC(C)Cc1ccc(C(C)Nc2ncnc3c2ncn3[C@@H]2O[C@H](CO)[C@@H](O)[C@H]2O)cc1. The summed E-state index contributed by atoms with van der Waals surface area (Å²) in [6.07, 6.45) is -0.192. The summed E-state index contributed by atoms with van der Waals surface area (Å²) in [5.74, 6) is 1.18. The minimum absolute atomic E-state index is 0.00902. The number of rotatable bonds is 7. The monoisotopic (exact) mass is 427 g/mol. The fraction of sp³-hybridized carbons (Fsp3) is 0.500. The number of imidazole rings is 1. The Morgan fingerprint density at radius 1 is 1.06 bits per heavy atom. The van der Waals surface area contributed by atoms with Crippen LogP contribution >= 0.6 is 0 Å². The Labute approximate surface area is 180 Å². The third-order valence-corrected chi connectivity index (χ3v) is 5.63. The quantitative estimate of drug-likeness (QED) is 0.450. The molecule has 5 atom stereocenters. The lowest BCUT2D eigenvalue weighted by atomic mass is 10.00. The Morgan fingerprint density at radius 3 is 2.45 bits per heavy atom. The van der Waals surface area contributed by atoms with Crippen LogP contribution in [-0.4, -0.2) is 59.8 Å². The number of hydrogen-bond acceptors (Lipinski definition) is 8. The number of aliphatic hydroxyl groups excluding tert-OH is 3. The van der Waals surface area contributed by atoms with Gasteiger partial charge in [-0.3, -0.25) is 4.57 Å². The predicted octanol–water partition coefficient (Wildman–Crippen LogP) is 1.81. The first-order valence-electron chi connectivity index (χ1n) is 10.5. The lowest BCUT2D eigenvalue weighted by molar-refractivity contribution is -0.0511. The van der Waals surface area contributed by atoms with Gasteiger partial charge in [0.25, 0.3) is 0 Å². The second-order valence-electron chi connectivity index (χ2n) is 8.48. The summed E-state index contributed by atoms with van der Waals surface area (Å²) in [5.41, 5.74) is 3.44. The van der Waals surface area contributed by atoms with Gasteiger partial charge >= 0.3 is 0 Å². The van der Waals surface area contributed by atoms with Gasteiger partial charge in [-0.05, 0) is 30.4 Å². The van der Waals surface area contributed by atoms with E-state index in [2.05, 4.69) is 65.3 Å². The Kier molecular flexibility index (Phi) is 6.19. The van der Waals surface area contributed by atoms with Crippen LogP contribution in [-0.2, 0) is 11.2 Å². The molecule has 1 saturated heterocycles. The van der Waals surface area contributed by atoms with Crippen LogP contribution in [0.1, 0.15) is 44.2 Å². The predicted molar refractivity (Wildman–Crippen MR) is 115 cm³/mol. The van der Waals surface area contributed by atoms with Gasteiger partial charge < -0.3 is 25.4 Å². The molecule has 1 unspecified atom stereocenters. The molecule has 31 heavy (non-hydrogen) atoms. The zero-order valence-electron chi connectivity index (χ0n) is 17.9. The van der Waals surface area contributed by atoms with Crippen molar-refractivity contribution in [1.82, 2.24) is 19.5 Å². The lowest BCUT2D eigenvalue weighted by Crippen LogP contribution is -2.33. The number of aliphatic hydroxyl groups is 3. The van der Waals surface area contributed by atoms with Gasteiger partial charge in [0.2, 0.25) is 0 Å². The average Bonchev–Trinajstić information content (AvgIpc) is 3.30. The molecule has 9 nitrogen and oxygen atoms in total. The molecule has 0 amide bonds. The van der Waals surface area contributed by atoms with Crippen molar-refractivity contribution in [2.75, 3.05) is 11.9 Å². The fourth-order valence-electron chi connectivity index (χ4n) is 3.96. The molecular weight excluding hydrogens is 398 g/mol. The molecule has 9 heteroatoms. The largest absolute Gasteiger partial charge is 0.394 e. The van der Waals surface area contributed by atoms with Crippen molar-refractivity contribution in [3.63, 3.8) is 0 Å². The van der Waals surface area contributed by atoms with Crippen LogP contribution in [0.15, 0.2) is 36.9 Å². The number of nitrogens with zero attached hydrogens (tertiary/aromatic N) is 4. The number of aromatic nitrogens is 4. The van der Waals surface area contributed by atoms with E-state index in [1.807, 2.05) is 0 Å². The molecule has 3 heterocycles. The molecule has 1 aliphatic heterocycles. The molecule has 0 bridgehead atoms. The molecule has 0 aliphatic carbocycles. The first kappa shape index (κ1) is 21.6. The van der Waals surface area contributed by atoms with Crippen molar-refractivity contribution >= 4 is 17.0 Å². The van der Waals surface area contributed by atoms with Gasteiger partial charge in [0.05, 0.1) is 19.0 Å². The number of nitrogens with one attached hydrogen (secondary N) is 1. The minimum Gasteiger partial charge on any atom is -0.394 e. The van der Waals surface area contributed by atoms with Crippen LogP contribution in [0.25, 0.3) is 11.2 Å². The highest BCUT2D eigenvalue weighted by Gasteiger charge is 2.44. The summed E-state index contributed by atoms with van der Waals surface area (Å²) in [6, 6.07) is 8.53. The van der Waals surface area contributed by atoms with E-state index in [-0.39, 0.29) is 6.04 Å². The number of hydrogen-bond donors (Lipinski definition) is 4. The molecule has 166 valence electrons. The van der Waals surface area contributed by atoms with Gasteiger partial charge in [0.1, 0.15) is 24.6 Å². The van der Waals surface area contributed by atoms with Crippen LogP contribution < -0.4 is 5.32 Å². The second kappa shape index (κ2) is 8.88. The number of benzene rings is 1. The highest BCUT2D eigenvalue weighted by atomic mass is 16.6. The second-order valence-corrected chi connectivity index (χ2v) is 8.48. The van der Waals surface area contributed by atoms with Gasteiger partial charge in [-0.25, -0.2) is 15.0 Å². The molecule has 0 spiro atoms. The highest BCUT2D eigenvalue weighted by molar-refractivity contribution is 5.82. The first-order chi connectivity index (χ1) is 14.9. The van der Waals surface area contributed by atoms with E-state index in [4.69, 9.17) is 4.74 Å². The normalized spacial score (nSPS) is 24.7. The van der Waals surface area contributed by atoms with E-state index in [0.717, 1.165) is 12.0 Å². The molecule has 3 aromatic rings. The molecule has 4 N–H and O–H groups in total. The number of fused-ring (bicyclic) bond motifs is 1. The van der Waals surface area contributed by atoms with Crippen molar-refractivity contribution in [3.05, 3.63) is 48.0 Å². The summed E-state index contributed by atoms with van der Waals surface area (Å²) in [7, 11) is 0. The summed E-state index contributed by atoms with van der Waals surface area (Å²) in [4.78, 5) is 13.0. The van der Waals surface area contributed by atoms with Crippen molar-refractivity contribution in [1.29, 1.82) is 0 Å². The van der Waals surface area contributed by atoms with Crippen LogP contribution in [0.3, 0.4) is 0 Å². The van der Waals surface area contributed by atoms with Crippen LogP contribution in [0.2, 0.25) is 0 Å². The Balaban J connectivity index is 1.56. The summed E-state index contributed by atoms with van der Waals surface area (Å²) < 4.78 is 7.16. The molecule has 0 saturated carbocycles. The zero-order chi connectivity index (χ0) is 22.1. The summed E-state index contributed by atoms with van der Waals surface area (Å²) in [5, 5.41) is 33.1. The van der Waals surface area contributed by atoms with E-state index < -0.39 is 31.1 Å². The maximum absolute atomic E-state index is 10.3. The topological polar surface area (TPSA) is 126 Å². The van der Waals surface area contributed by atoms with Crippen molar-refractivity contribution < 1.29 is 20.1 Å². The zero-order valence-corrected chi connectivity index (χ0v) is 17.9. The van der Waals surface area contributed by atoms with E-state index in [9.17, 15) is 15.3 Å². The third kappa shape index (κ3) is 4.27. The van der Waals surface area contributed by atoms with E-state index in [1.165, 1.54) is 18.2 Å². The van der Waals surface area contributed by atoms with Crippen LogP contribution in [0.4, 0.5) is 5.82 Å². The maximum Gasteiger partial charge on any atom is 0.167 e. The Morgan fingerprint density at radius 2 is 1.81 bits per heavy atom. The molecule has 1 aromatic carbocycles. The Bertz CT molecular complexity index is 1020. The Hall–Kier alpha value is -2.59. The minimum atomic E-state index is -1.20. The average molecular weight is 428 g/mol. The number of anilines is 1. The van der Waals surface area contributed by atoms with Gasteiger partial charge in [0.15, 0.2) is 23.2 Å². The molecule has 1 fully saturated rings. The molecule has 4 rings (SSSR count). The lowest BCUT2D eigenvalue weighted by Gasteiger charge is -2.17. The van der Waals surface area contributed by atoms with Gasteiger partial charge in [-0.15, -0.1) is 0 Å². The van der Waals surface area contributed by atoms with Gasteiger partial charge in [-0.2, -0.15) is 0 Å². The van der Waals surface area contributed by atoms with Gasteiger partial charge in [0, 0.05) is 0 Å². The smallest absolute Gasteiger partial charge is 0.167 e. The molecule has 1 aliphatic rings. The van der Waals surface area contributed by atoms with Crippen molar-refractivity contribution in [2.24, 2.45) is 5.92 Å². The molecular formula is C22H29N5O4. The third-order valence-electron chi connectivity index (χ3n) is 5.63. The van der Waals surface area contributed by atoms with Crippen molar-refractivity contribution in [2.45, 2.75) is 57.8 Å². The maximum atomic E-state index is 10.3. The molecule has 0 radical (unpaired) electrons. The van der Waals surface area contributed by atoms with Gasteiger partial charge in [-0.1, -0.05) is 38.1 Å². The van der Waals surface area contributed by atoms with E-state index in [1.54, 1.807) is 4.57 Å². The molecule has 2 aromatic heterocycles.